The fraction of sp³-hybridized carbons (Fsp3) is 0.619. The van der Waals surface area contributed by atoms with Crippen molar-refractivity contribution >= 4 is 11.9 Å². The van der Waals surface area contributed by atoms with Crippen LogP contribution in [0, 0.1) is 13.8 Å². The molecule has 144 valence electrons. The van der Waals surface area contributed by atoms with E-state index in [2.05, 4.69) is 61.5 Å². The molecule has 26 heavy (non-hydrogen) atoms. The van der Waals surface area contributed by atoms with E-state index in [0.717, 1.165) is 31.9 Å². The molecule has 1 fully saturated rings. The van der Waals surface area contributed by atoms with Crippen molar-refractivity contribution < 1.29 is 4.79 Å². The van der Waals surface area contributed by atoms with Crippen molar-refractivity contribution in [3.05, 3.63) is 34.9 Å². The Morgan fingerprint density at radius 1 is 1.27 bits per heavy atom. The van der Waals surface area contributed by atoms with E-state index in [1.165, 1.54) is 23.1 Å². The molecule has 0 bridgehead atoms. The number of hydrogen-bond donors (Lipinski definition) is 2. The van der Waals surface area contributed by atoms with E-state index in [1.54, 1.807) is 0 Å². The highest BCUT2D eigenvalue weighted by molar-refractivity contribution is 5.81. The van der Waals surface area contributed by atoms with Crippen molar-refractivity contribution in [2.75, 3.05) is 19.6 Å². The minimum absolute atomic E-state index is 0.245. The van der Waals surface area contributed by atoms with Gasteiger partial charge in [0.2, 0.25) is 5.91 Å². The van der Waals surface area contributed by atoms with Gasteiger partial charge in [-0.1, -0.05) is 23.8 Å². The van der Waals surface area contributed by atoms with Crippen LogP contribution in [0.2, 0.25) is 0 Å². The molecule has 2 N–H and O–H groups in total. The molecule has 0 saturated carbocycles. The highest BCUT2D eigenvalue weighted by atomic mass is 16.2. The Morgan fingerprint density at radius 2 is 2.08 bits per heavy atom. The summed E-state index contributed by atoms with van der Waals surface area (Å²) >= 11 is 0. The predicted octanol–water partition coefficient (Wildman–Crippen LogP) is 3.15. The summed E-state index contributed by atoms with van der Waals surface area (Å²) in [6, 6.07) is 6.82. The maximum atomic E-state index is 12.4. The number of aryl methyl sites for hydroxylation is 2. The lowest BCUT2D eigenvalue weighted by molar-refractivity contribution is -0.134. The first-order valence-corrected chi connectivity index (χ1v) is 9.89. The van der Waals surface area contributed by atoms with E-state index in [0.29, 0.717) is 25.6 Å². The minimum Gasteiger partial charge on any atom is -0.357 e. The molecule has 1 aliphatic heterocycles. The molecular weight excluding hydrogens is 324 g/mol. The third-order valence-corrected chi connectivity index (χ3v) is 5.00. The van der Waals surface area contributed by atoms with Crippen molar-refractivity contribution in [1.29, 1.82) is 0 Å². The molecule has 0 aromatic heterocycles. The molecule has 2 rings (SSSR count). The van der Waals surface area contributed by atoms with Crippen LogP contribution in [0.5, 0.6) is 0 Å². The number of carbonyl (C=O) groups excluding carboxylic acids is 1. The van der Waals surface area contributed by atoms with Gasteiger partial charge in [-0.25, -0.2) is 4.99 Å². The lowest BCUT2D eigenvalue weighted by Crippen LogP contribution is -2.44. The highest BCUT2D eigenvalue weighted by Gasteiger charge is 2.22. The number of guanidine groups is 1. The Labute approximate surface area is 158 Å². The lowest BCUT2D eigenvalue weighted by atomic mass is 10.0. The van der Waals surface area contributed by atoms with Crippen molar-refractivity contribution in [2.45, 2.75) is 66.0 Å². The van der Waals surface area contributed by atoms with Gasteiger partial charge in [-0.2, -0.15) is 0 Å². The monoisotopic (exact) mass is 358 g/mol. The van der Waals surface area contributed by atoms with Crippen molar-refractivity contribution in [3.63, 3.8) is 0 Å². The van der Waals surface area contributed by atoms with Gasteiger partial charge in [0.15, 0.2) is 5.96 Å². The predicted molar refractivity (Wildman–Crippen MR) is 108 cm³/mol. The second kappa shape index (κ2) is 10.2. The molecule has 5 heteroatoms. The Kier molecular flexibility index (Phi) is 7.95. The Hall–Kier alpha value is -2.04. The Balaban J connectivity index is 1.86. The second-order valence-corrected chi connectivity index (χ2v) is 7.23. The van der Waals surface area contributed by atoms with Gasteiger partial charge in [0.1, 0.15) is 0 Å². The van der Waals surface area contributed by atoms with E-state index in [9.17, 15) is 4.79 Å². The number of amides is 1. The molecule has 5 nitrogen and oxygen atoms in total. The first kappa shape index (κ1) is 20.3. The normalized spacial score (nSPS) is 17.9. The summed E-state index contributed by atoms with van der Waals surface area (Å²) in [5.74, 6) is 1.02. The summed E-state index contributed by atoms with van der Waals surface area (Å²) in [4.78, 5) is 19.1. The molecule has 1 heterocycles. The van der Waals surface area contributed by atoms with Gasteiger partial charge in [-0.15, -0.1) is 0 Å². The van der Waals surface area contributed by atoms with Crippen molar-refractivity contribution in [2.24, 2.45) is 4.99 Å². The van der Waals surface area contributed by atoms with Crippen LogP contribution in [0.3, 0.4) is 0 Å². The van der Waals surface area contributed by atoms with Crippen LogP contribution in [0.4, 0.5) is 0 Å². The summed E-state index contributed by atoms with van der Waals surface area (Å²) in [5.41, 5.74) is 3.76. The summed E-state index contributed by atoms with van der Waals surface area (Å²) in [5, 5.41) is 6.56. The maximum Gasteiger partial charge on any atom is 0.224 e. The molecular formula is C21H34N4O. The van der Waals surface area contributed by atoms with Gasteiger partial charge < -0.3 is 15.5 Å². The van der Waals surface area contributed by atoms with Gasteiger partial charge >= 0.3 is 0 Å². The summed E-state index contributed by atoms with van der Waals surface area (Å²) < 4.78 is 0. The zero-order chi connectivity index (χ0) is 18.9. The number of nitrogens with zero attached hydrogens (tertiary/aromatic N) is 2. The van der Waals surface area contributed by atoms with Gasteiger partial charge in [-0.05, 0) is 58.1 Å². The molecule has 1 unspecified atom stereocenters. The number of rotatable bonds is 6. The van der Waals surface area contributed by atoms with Crippen LogP contribution < -0.4 is 10.6 Å². The topological polar surface area (TPSA) is 56.7 Å². The van der Waals surface area contributed by atoms with Gasteiger partial charge in [0.25, 0.3) is 0 Å². The average Bonchev–Trinajstić information content (AvgIpc) is 2.61. The number of carbonyl (C=O) groups is 1. The van der Waals surface area contributed by atoms with Crippen LogP contribution >= 0.6 is 0 Å². The van der Waals surface area contributed by atoms with Crippen molar-refractivity contribution in [1.82, 2.24) is 15.5 Å². The van der Waals surface area contributed by atoms with Crippen LogP contribution in [0.1, 0.15) is 56.2 Å². The van der Waals surface area contributed by atoms with Crippen LogP contribution in [0.15, 0.2) is 23.2 Å². The van der Waals surface area contributed by atoms with E-state index in [-0.39, 0.29) is 5.91 Å². The van der Waals surface area contributed by atoms with E-state index in [4.69, 9.17) is 0 Å². The number of benzene rings is 1. The lowest BCUT2D eigenvalue weighted by Gasteiger charge is -2.33. The number of aliphatic imine (C=N–C) groups is 1. The molecule has 1 aromatic carbocycles. The number of nitrogens with one attached hydrogen (secondary N) is 2. The third kappa shape index (κ3) is 6.04. The summed E-state index contributed by atoms with van der Waals surface area (Å²) in [7, 11) is 0. The fourth-order valence-corrected chi connectivity index (χ4v) is 3.43. The average molecular weight is 359 g/mol. The zero-order valence-corrected chi connectivity index (χ0v) is 16.8. The largest absolute Gasteiger partial charge is 0.357 e. The van der Waals surface area contributed by atoms with E-state index >= 15 is 0 Å². The first-order chi connectivity index (χ1) is 12.5. The van der Waals surface area contributed by atoms with Gasteiger partial charge in [0, 0.05) is 32.1 Å². The van der Waals surface area contributed by atoms with Gasteiger partial charge in [-0.3, -0.25) is 4.79 Å². The number of piperidine rings is 1. The standard InChI is InChI=1S/C21H34N4O/c1-5-22-21(24-15-19-10-9-16(2)14-17(19)3)23-12-11-20(26)25-13-7-6-8-18(25)4/h9-10,14,18H,5-8,11-13,15H2,1-4H3,(H2,22,23,24). The van der Waals surface area contributed by atoms with Gasteiger partial charge in [0.05, 0.1) is 6.54 Å². The minimum atomic E-state index is 0.245. The van der Waals surface area contributed by atoms with Crippen molar-refractivity contribution in [3.8, 4) is 0 Å². The number of likely N-dealkylation sites (tertiary alicyclic amines) is 1. The molecule has 1 aliphatic rings. The molecule has 0 spiro atoms. The molecule has 0 radical (unpaired) electrons. The summed E-state index contributed by atoms with van der Waals surface area (Å²) in [6.07, 6.45) is 4.00. The number of hydrogen-bond acceptors (Lipinski definition) is 2. The summed E-state index contributed by atoms with van der Waals surface area (Å²) in [6.45, 7) is 11.4. The molecule has 1 atom stereocenters. The van der Waals surface area contributed by atoms with Crippen LogP contribution in [0.25, 0.3) is 0 Å². The highest BCUT2D eigenvalue weighted by Crippen LogP contribution is 2.17. The second-order valence-electron chi connectivity index (χ2n) is 7.23. The van der Waals surface area contributed by atoms with Crippen LogP contribution in [-0.2, 0) is 11.3 Å². The zero-order valence-electron chi connectivity index (χ0n) is 16.8. The molecule has 0 aliphatic carbocycles. The smallest absolute Gasteiger partial charge is 0.224 e. The van der Waals surface area contributed by atoms with E-state index in [1.807, 2.05) is 4.90 Å². The Bertz CT molecular complexity index is 626. The van der Waals surface area contributed by atoms with Crippen LogP contribution in [-0.4, -0.2) is 42.4 Å². The maximum absolute atomic E-state index is 12.4. The van der Waals surface area contributed by atoms with E-state index < -0.39 is 0 Å². The molecule has 1 saturated heterocycles. The SMILES string of the molecule is CCNC(=NCc1ccc(C)cc1C)NCCC(=O)N1CCCCC1C. The molecule has 1 aromatic rings. The Morgan fingerprint density at radius 3 is 2.77 bits per heavy atom. The quantitative estimate of drug-likeness (QED) is 0.607. The first-order valence-electron chi connectivity index (χ1n) is 9.89. The molecule has 1 amide bonds. The fourth-order valence-electron chi connectivity index (χ4n) is 3.43. The third-order valence-electron chi connectivity index (χ3n) is 5.00.